The number of halogens is 4. The number of methoxy groups -OCH3 is 1. The Balaban J connectivity index is 0.00000342. The number of fused-ring (bicyclic) bond motifs is 2. The Labute approximate surface area is 195 Å². The molecular formula is C23H29F4N3O4. The summed E-state index contributed by atoms with van der Waals surface area (Å²) in [5.41, 5.74) is -1.47. The summed E-state index contributed by atoms with van der Waals surface area (Å²) in [6, 6.07) is 5.31. The van der Waals surface area contributed by atoms with Crippen molar-refractivity contribution in [3.8, 4) is 11.5 Å². The van der Waals surface area contributed by atoms with Crippen LogP contribution in [0.4, 0.5) is 17.6 Å². The molecule has 0 radical (unpaired) electrons. The fourth-order valence-corrected chi connectivity index (χ4v) is 5.06. The lowest BCUT2D eigenvalue weighted by Crippen LogP contribution is -2.57. The van der Waals surface area contributed by atoms with Crippen molar-refractivity contribution in [2.75, 3.05) is 47.0 Å². The zero-order chi connectivity index (χ0) is 24.7. The quantitative estimate of drug-likeness (QED) is 0.656. The van der Waals surface area contributed by atoms with E-state index in [0.717, 1.165) is 4.57 Å². The summed E-state index contributed by atoms with van der Waals surface area (Å²) in [5.74, 6) is -0.375. The smallest absolute Gasteiger partial charge is 0.431 e. The van der Waals surface area contributed by atoms with Crippen LogP contribution >= 0.6 is 0 Å². The number of likely N-dealkylation sites (tertiary alicyclic amines) is 1. The van der Waals surface area contributed by atoms with E-state index < -0.39 is 23.2 Å². The highest BCUT2D eigenvalue weighted by molar-refractivity contribution is 5.95. The Morgan fingerprint density at radius 2 is 1.85 bits per heavy atom. The summed E-state index contributed by atoms with van der Waals surface area (Å²) in [7, 11) is 3.23. The van der Waals surface area contributed by atoms with Crippen LogP contribution in [0, 0.1) is 5.82 Å². The second kappa shape index (κ2) is 9.10. The first kappa shape index (κ1) is 24.3. The molecule has 0 unspecified atom stereocenters. The van der Waals surface area contributed by atoms with E-state index in [1.165, 1.54) is 7.11 Å². The lowest BCUT2D eigenvalue weighted by Gasteiger charge is -2.50. The van der Waals surface area contributed by atoms with Crippen molar-refractivity contribution in [3.63, 3.8) is 0 Å². The molecule has 34 heavy (non-hydrogen) atoms. The van der Waals surface area contributed by atoms with Crippen molar-refractivity contribution in [3.05, 3.63) is 47.0 Å². The minimum absolute atomic E-state index is 0. The molecule has 2 aliphatic rings. The molecule has 1 fully saturated rings. The summed E-state index contributed by atoms with van der Waals surface area (Å²) in [6.45, 7) is 0.854. The van der Waals surface area contributed by atoms with Crippen LogP contribution in [0.2, 0.25) is 0 Å². The molecule has 0 atom stereocenters. The van der Waals surface area contributed by atoms with Crippen LogP contribution in [-0.4, -0.2) is 72.4 Å². The topological polar surface area (TPSA) is 67.2 Å². The molecule has 1 aromatic heterocycles. The molecular weight excluding hydrogens is 458 g/mol. The van der Waals surface area contributed by atoms with Crippen molar-refractivity contribution in [2.45, 2.75) is 31.1 Å². The molecule has 0 aliphatic carbocycles. The molecule has 1 N–H and O–H groups in total. The average molecular weight is 487 g/mol. The van der Waals surface area contributed by atoms with Gasteiger partial charge in [0.05, 0.1) is 24.9 Å². The summed E-state index contributed by atoms with van der Waals surface area (Å²) in [5, 5.41) is 8.94. The predicted molar refractivity (Wildman–Crippen MR) is 117 cm³/mol. The highest BCUT2D eigenvalue weighted by Crippen LogP contribution is 2.45. The fraction of sp³-hybridized carbons (Fsp3) is 0.522. The van der Waals surface area contributed by atoms with E-state index in [1.54, 1.807) is 30.1 Å². The largest absolute Gasteiger partial charge is 0.493 e. The Morgan fingerprint density at radius 3 is 2.47 bits per heavy atom. The molecule has 188 valence electrons. The van der Waals surface area contributed by atoms with E-state index >= 15 is 0 Å². The molecule has 4 rings (SSSR count). The van der Waals surface area contributed by atoms with E-state index in [9.17, 15) is 22.4 Å². The maximum absolute atomic E-state index is 14.9. The maximum atomic E-state index is 14.9. The number of benzene rings is 1. The summed E-state index contributed by atoms with van der Waals surface area (Å²) in [6.07, 6.45) is -4.02. The number of nitrogens with zero attached hydrogens (tertiary/aromatic N) is 3. The number of rotatable bonds is 5. The second-order valence-electron chi connectivity index (χ2n) is 8.56. The first-order valence-corrected chi connectivity index (χ1v) is 11.0. The number of ether oxygens (including phenoxy) is 2. The summed E-state index contributed by atoms with van der Waals surface area (Å²) >= 11 is 0. The number of hydrogen-bond acceptors (Lipinski definition) is 5. The highest BCUT2D eigenvalue weighted by atomic mass is 19.4. The normalized spacial score (nSPS) is 18.1. The number of piperidine rings is 1. The van der Waals surface area contributed by atoms with Crippen LogP contribution < -0.4 is 9.47 Å². The van der Waals surface area contributed by atoms with Gasteiger partial charge in [-0.2, -0.15) is 13.2 Å². The van der Waals surface area contributed by atoms with Crippen LogP contribution in [0.5, 0.6) is 11.5 Å². The first-order chi connectivity index (χ1) is 16.1. The molecule has 11 heteroatoms. The van der Waals surface area contributed by atoms with Crippen molar-refractivity contribution in [2.24, 2.45) is 0 Å². The van der Waals surface area contributed by atoms with Gasteiger partial charge >= 0.3 is 6.18 Å². The van der Waals surface area contributed by atoms with Gasteiger partial charge in [-0.15, -0.1) is 0 Å². The van der Waals surface area contributed by atoms with Crippen molar-refractivity contribution >= 4 is 5.91 Å². The Hall–Kier alpha value is -2.79. The number of carbonyl (C=O) groups is 1. The van der Waals surface area contributed by atoms with Gasteiger partial charge in [0, 0.05) is 39.2 Å². The number of carbonyl (C=O) groups excluding carboxylic acids is 1. The molecule has 1 aromatic carbocycles. The van der Waals surface area contributed by atoms with Gasteiger partial charge in [0.1, 0.15) is 18.1 Å². The number of hydrogen-bond donors (Lipinski definition) is 1. The number of aliphatic hydroxyl groups excluding tert-OH is 1. The van der Waals surface area contributed by atoms with Crippen LogP contribution in [0.25, 0.3) is 0 Å². The Kier molecular flexibility index (Phi) is 6.52. The van der Waals surface area contributed by atoms with Gasteiger partial charge in [0.2, 0.25) is 0 Å². The van der Waals surface area contributed by atoms with Crippen LogP contribution in [0.3, 0.4) is 0 Å². The SMILES string of the molecule is COc1cc(C(=O)N2CCC3(CC2)c2c(F)cc(C(F)(F)F)n2CCN3C)ccc1OCCO.[HH]. The van der Waals surface area contributed by atoms with Crippen LogP contribution in [0.15, 0.2) is 24.3 Å². The third kappa shape index (κ3) is 4.11. The second-order valence-corrected chi connectivity index (χ2v) is 8.56. The number of amides is 1. The standard InChI is InChI=1S/C23H27F4N3O4.H2/c1-28-9-10-30-19(23(25,26)27)14-16(24)20(30)22(28)5-7-29(8-6-22)21(32)15-3-4-17(34-12-11-31)18(13-15)33-2;/h3-4,13-14,31H,5-12H2,1-2H3;1H. The molecule has 7 nitrogen and oxygen atoms in total. The lowest BCUT2D eigenvalue weighted by atomic mass is 9.81. The molecule has 0 bridgehead atoms. The van der Waals surface area contributed by atoms with Gasteiger partial charge in [0.25, 0.3) is 5.91 Å². The molecule has 1 saturated heterocycles. The van der Waals surface area contributed by atoms with Crippen molar-refractivity contribution in [1.82, 2.24) is 14.4 Å². The summed E-state index contributed by atoms with van der Waals surface area (Å²) < 4.78 is 67.0. The van der Waals surface area contributed by atoms with Gasteiger partial charge < -0.3 is 24.0 Å². The molecule has 1 spiro atoms. The monoisotopic (exact) mass is 487 g/mol. The fourth-order valence-electron chi connectivity index (χ4n) is 5.06. The average Bonchev–Trinajstić information content (AvgIpc) is 3.18. The zero-order valence-electron chi connectivity index (χ0n) is 19.0. The van der Waals surface area contributed by atoms with E-state index in [2.05, 4.69) is 0 Å². The van der Waals surface area contributed by atoms with Gasteiger partial charge in [-0.3, -0.25) is 9.69 Å². The van der Waals surface area contributed by atoms with Crippen molar-refractivity contribution < 1.29 is 38.4 Å². The molecule has 1 amide bonds. The number of aromatic nitrogens is 1. The molecule has 0 saturated carbocycles. The summed E-state index contributed by atoms with van der Waals surface area (Å²) in [4.78, 5) is 16.7. The first-order valence-electron chi connectivity index (χ1n) is 11.0. The van der Waals surface area contributed by atoms with Gasteiger partial charge in [-0.05, 0) is 38.1 Å². The number of likely N-dealkylation sites (N-methyl/N-ethyl adjacent to an activating group) is 1. The van der Waals surface area contributed by atoms with Crippen LogP contribution in [0.1, 0.15) is 36.0 Å². The van der Waals surface area contributed by atoms with Gasteiger partial charge in [-0.1, -0.05) is 0 Å². The third-order valence-corrected chi connectivity index (χ3v) is 6.81. The Morgan fingerprint density at radius 1 is 1.15 bits per heavy atom. The highest BCUT2D eigenvalue weighted by Gasteiger charge is 2.49. The van der Waals surface area contributed by atoms with E-state index in [0.29, 0.717) is 42.5 Å². The van der Waals surface area contributed by atoms with E-state index in [-0.39, 0.29) is 45.9 Å². The Bertz CT molecular complexity index is 1070. The van der Waals surface area contributed by atoms with E-state index in [1.807, 2.05) is 4.90 Å². The van der Waals surface area contributed by atoms with E-state index in [4.69, 9.17) is 14.6 Å². The van der Waals surface area contributed by atoms with Gasteiger partial charge in [0.15, 0.2) is 11.5 Å². The maximum Gasteiger partial charge on any atom is 0.431 e. The third-order valence-electron chi connectivity index (χ3n) is 6.81. The minimum Gasteiger partial charge on any atom is -0.493 e. The zero-order valence-corrected chi connectivity index (χ0v) is 19.0. The lowest BCUT2D eigenvalue weighted by molar-refractivity contribution is -0.144. The van der Waals surface area contributed by atoms with Crippen molar-refractivity contribution in [1.29, 1.82) is 0 Å². The van der Waals surface area contributed by atoms with Gasteiger partial charge in [-0.25, -0.2) is 4.39 Å². The number of alkyl halides is 3. The number of aliphatic hydroxyl groups is 1. The molecule has 3 heterocycles. The van der Waals surface area contributed by atoms with Crippen LogP contribution in [-0.2, 0) is 18.3 Å². The molecule has 2 aromatic rings. The molecule has 2 aliphatic heterocycles. The predicted octanol–water partition coefficient (Wildman–Crippen LogP) is 3.35. The minimum atomic E-state index is -4.64.